The van der Waals surface area contributed by atoms with E-state index in [4.69, 9.17) is 10.5 Å². The summed E-state index contributed by atoms with van der Waals surface area (Å²) in [4.78, 5) is 25.2. The lowest BCUT2D eigenvalue weighted by Crippen LogP contribution is -2.25. The number of thiophene rings is 1. The summed E-state index contributed by atoms with van der Waals surface area (Å²) in [6.45, 7) is 2.33. The minimum Gasteiger partial charge on any atom is -0.461 e. The SMILES string of the molecule is CCOC(=O)c1c(-c2ccccc2CN)c2ccsc2c(=O)n1C. The van der Waals surface area contributed by atoms with Gasteiger partial charge in [0.25, 0.3) is 5.56 Å². The van der Waals surface area contributed by atoms with E-state index < -0.39 is 5.97 Å². The van der Waals surface area contributed by atoms with Crippen LogP contribution >= 0.6 is 11.3 Å². The highest BCUT2D eigenvalue weighted by molar-refractivity contribution is 7.17. The molecule has 2 aromatic heterocycles. The van der Waals surface area contributed by atoms with Gasteiger partial charge in [0.05, 0.1) is 6.61 Å². The van der Waals surface area contributed by atoms with Crippen LogP contribution in [0.4, 0.5) is 0 Å². The van der Waals surface area contributed by atoms with Crippen molar-refractivity contribution in [3.05, 3.63) is 57.3 Å². The van der Waals surface area contributed by atoms with E-state index in [0.717, 1.165) is 16.5 Å². The third kappa shape index (κ3) is 2.53. The Labute approximate surface area is 143 Å². The molecule has 0 radical (unpaired) electrons. The van der Waals surface area contributed by atoms with Crippen molar-refractivity contribution < 1.29 is 9.53 Å². The zero-order valence-electron chi connectivity index (χ0n) is 13.5. The molecule has 0 fully saturated rings. The third-order valence-corrected chi connectivity index (χ3v) is 4.88. The number of aromatic nitrogens is 1. The molecule has 0 unspecified atom stereocenters. The molecular weight excluding hydrogens is 324 g/mol. The van der Waals surface area contributed by atoms with Gasteiger partial charge in [-0.2, -0.15) is 0 Å². The number of pyridine rings is 1. The van der Waals surface area contributed by atoms with E-state index in [0.29, 0.717) is 16.8 Å². The molecule has 0 aliphatic heterocycles. The first-order valence-corrected chi connectivity index (χ1v) is 8.53. The summed E-state index contributed by atoms with van der Waals surface area (Å²) in [6, 6.07) is 9.51. The van der Waals surface area contributed by atoms with E-state index in [1.807, 2.05) is 35.7 Å². The molecule has 3 aromatic rings. The highest BCUT2D eigenvalue weighted by atomic mass is 32.1. The van der Waals surface area contributed by atoms with Crippen molar-refractivity contribution >= 4 is 27.4 Å². The molecule has 24 heavy (non-hydrogen) atoms. The van der Waals surface area contributed by atoms with E-state index in [-0.39, 0.29) is 17.9 Å². The van der Waals surface area contributed by atoms with Gasteiger partial charge in [0.2, 0.25) is 0 Å². The molecule has 124 valence electrons. The first kappa shape index (κ1) is 16.4. The number of fused-ring (bicyclic) bond motifs is 1. The van der Waals surface area contributed by atoms with Gasteiger partial charge in [-0.1, -0.05) is 24.3 Å². The molecule has 2 heterocycles. The lowest BCUT2D eigenvalue weighted by Gasteiger charge is -2.16. The van der Waals surface area contributed by atoms with Crippen molar-refractivity contribution in [3.8, 4) is 11.1 Å². The van der Waals surface area contributed by atoms with Gasteiger partial charge >= 0.3 is 5.97 Å². The maximum Gasteiger partial charge on any atom is 0.355 e. The lowest BCUT2D eigenvalue weighted by atomic mass is 9.95. The summed E-state index contributed by atoms with van der Waals surface area (Å²) in [5, 5.41) is 2.61. The molecular formula is C18H18N2O3S. The van der Waals surface area contributed by atoms with Crippen molar-refractivity contribution in [2.75, 3.05) is 6.61 Å². The Bertz CT molecular complexity index is 972. The van der Waals surface area contributed by atoms with Gasteiger partial charge in [0.15, 0.2) is 0 Å². The molecule has 5 nitrogen and oxygen atoms in total. The molecule has 3 rings (SSSR count). The summed E-state index contributed by atoms with van der Waals surface area (Å²) in [7, 11) is 1.60. The van der Waals surface area contributed by atoms with E-state index in [9.17, 15) is 9.59 Å². The molecule has 6 heteroatoms. The van der Waals surface area contributed by atoms with Crippen LogP contribution in [0.5, 0.6) is 0 Å². The number of carbonyl (C=O) groups excluding carboxylic acids is 1. The highest BCUT2D eigenvalue weighted by Gasteiger charge is 2.24. The Morgan fingerprint density at radius 3 is 2.75 bits per heavy atom. The van der Waals surface area contributed by atoms with Crippen LogP contribution in [0.15, 0.2) is 40.5 Å². The molecule has 0 amide bonds. The number of hydrogen-bond donors (Lipinski definition) is 1. The van der Waals surface area contributed by atoms with E-state index in [2.05, 4.69) is 0 Å². The number of ether oxygens (including phenoxy) is 1. The van der Waals surface area contributed by atoms with Gasteiger partial charge in [-0.3, -0.25) is 4.79 Å². The van der Waals surface area contributed by atoms with Crippen molar-refractivity contribution in [1.29, 1.82) is 0 Å². The summed E-state index contributed by atoms with van der Waals surface area (Å²) in [6.07, 6.45) is 0. The Hall–Kier alpha value is -2.44. The molecule has 0 atom stereocenters. The summed E-state index contributed by atoms with van der Waals surface area (Å²) in [5.41, 5.74) is 8.40. The molecule has 0 aliphatic rings. The van der Waals surface area contributed by atoms with Gasteiger partial charge in [0.1, 0.15) is 10.4 Å². The van der Waals surface area contributed by atoms with Crippen LogP contribution in [0.25, 0.3) is 21.2 Å². The fourth-order valence-electron chi connectivity index (χ4n) is 2.87. The highest BCUT2D eigenvalue weighted by Crippen LogP contribution is 2.35. The zero-order chi connectivity index (χ0) is 17.3. The maximum absolute atomic E-state index is 12.6. The fourth-order valence-corrected chi connectivity index (χ4v) is 3.75. The molecule has 1 aromatic carbocycles. The van der Waals surface area contributed by atoms with Crippen LogP contribution in [0, 0.1) is 0 Å². The van der Waals surface area contributed by atoms with Crippen molar-refractivity contribution in [2.45, 2.75) is 13.5 Å². The first-order valence-electron chi connectivity index (χ1n) is 7.65. The van der Waals surface area contributed by atoms with Crippen LogP contribution in [0.2, 0.25) is 0 Å². The minimum atomic E-state index is -0.507. The van der Waals surface area contributed by atoms with E-state index in [1.165, 1.54) is 15.9 Å². The normalized spacial score (nSPS) is 11.0. The standard InChI is InChI=1S/C18H18N2O3S/c1-3-23-18(22)15-14(12-7-5-4-6-11(12)10-19)13-8-9-24-16(13)17(21)20(15)2/h4-9H,3,10,19H2,1-2H3. The predicted molar refractivity (Wildman–Crippen MR) is 96.3 cm³/mol. The molecule has 0 bridgehead atoms. The Morgan fingerprint density at radius 1 is 1.29 bits per heavy atom. The quantitative estimate of drug-likeness (QED) is 0.740. The number of nitrogens with two attached hydrogens (primary N) is 1. The molecule has 0 spiro atoms. The Balaban J connectivity index is 2.47. The summed E-state index contributed by atoms with van der Waals surface area (Å²) < 4.78 is 7.19. The van der Waals surface area contributed by atoms with Crippen molar-refractivity contribution in [2.24, 2.45) is 12.8 Å². The van der Waals surface area contributed by atoms with Crippen LogP contribution in [-0.4, -0.2) is 17.1 Å². The number of carbonyl (C=O) groups is 1. The number of benzene rings is 1. The lowest BCUT2D eigenvalue weighted by molar-refractivity contribution is 0.0515. The molecule has 0 aliphatic carbocycles. The second-order valence-corrected chi connectivity index (χ2v) is 6.25. The number of nitrogens with zero attached hydrogens (tertiary/aromatic N) is 1. The largest absolute Gasteiger partial charge is 0.461 e. The van der Waals surface area contributed by atoms with Crippen molar-refractivity contribution in [1.82, 2.24) is 4.57 Å². The first-order chi connectivity index (χ1) is 11.6. The Morgan fingerprint density at radius 2 is 2.04 bits per heavy atom. The minimum absolute atomic E-state index is 0.197. The van der Waals surface area contributed by atoms with E-state index in [1.54, 1.807) is 14.0 Å². The summed E-state index contributed by atoms with van der Waals surface area (Å²) in [5.74, 6) is -0.507. The third-order valence-electron chi connectivity index (χ3n) is 3.98. The van der Waals surface area contributed by atoms with Crippen molar-refractivity contribution in [3.63, 3.8) is 0 Å². The monoisotopic (exact) mass is 342 g/mol. The molecule has 2 N–H and O–H groups in total. The molecule has 0 saturated carbocycles. The number of esters is 1. The topological polar surface area (TPSA) is 74.3 Å². The number of rotatable bonds is 4. The molecule has 0 saturated heterocycles. The predicted octanol–water partition coefficient (Wildman–Crippen LogP) is 2.90. The zero-order valence-corrected chi connectivity index (χ0v) is 14.4. The average molecular weight is 342 g/mol. The van der Waals surface area contributed by atoms with Gasteiger partial charge in [-0.25, -0.2) is 4.79 Å². The van der Waals surface area contributed by atoms with Gasteiger partial charge < -0.3 is 15.0 Å². The van der Waals surface area contributed by atoms with Gasteiger partial charge in [-0.15, -0.1) is 11.3 Å². The van der Waals surface area contributed by atoms with Crippen LogP contribution in [0.1, 0.15) is 23.0 Å². The van der Waals surface area contributed by atoms with Gasteiger partial charge in [-0.05, 0) is 29.5 Å². The second-order valence-electron chi connectivity index (χ2n) is 5.33. The number of hydrogen-bond acceptors (Lipinski definition) is 5. The van der Waals surface area contributed by atoms with Crippen LogP contribution in [0.3, 0.4) is 0 Å². The van der Waals surface area contributed by atoms with E-state index >= 15 is 0 Å². The fraction of sp³-hybridized carbons (Fsp3) is 0.222. The smallest absolute Gasteiger partial charge is 0.355 e. The second kappa shape index (κ2) is 6.59. The van der Waals surface area contributed by atoms with Crippen LogP contribution in [-0.2, 0) is 18.3 Å². The average Bonchev–Trinajstić information content (AvgIpc) is 3.07. The Kier molecular flexibility index (Phi) is 4.51. The van der Waals surface area contributed by atoms with Crippen LogP contribution < -0.4 is 11.3 Å². The summed E-state index contributed by atoms with van der Waals surface area (Å²) >= 11 is 1.37. The van der Waals surface area contributed by atoms with Gasteiger partial charge in [0, 0.05) is 24.5 Å². The maximum atomic E-state index is 12.6.